The van der Waals surface area contributed by atoms with E-state index in [0.29, 0.717) is 11.4 Å². The molecular weight excluding hydrogens is 402 g/mol. The molecule has 0 fully saturated rings. The summed E-state index contributed by atoms with van der Waals surface area (Å²) in [5.41, 5.74) is 3.42. The third-order valence-electron chi connectivity index (χ3n) is 5.87. The van der Waals surface area contributed by atoms with Gasteiger partial charge >= 0.3 is 0 Å². The van der Waals surface area contributed by atoms with Gasteiger partial charge in [0, 0.05) is 42.3 Å². The van der Waals surface area contributed by atoms with Crippen molar-refractivity contribution in [2.24, 2.45) is 7.05 Å². The fourth-order valence-corrected chi connectivity index (χ4v) is 4.12. The Labute approximate surface area is 188 Å². The van der Waals surface area contributed by atoms with E-state index in [1.54, 1.807) is 0 Å². The maximum absolute atomic E-state index is 10.7. The lowest BCUT2D eigenvalue weighted by molar-refractivity contribution is 0.398. The maximum atomic E-state index is 10.7. The number of fused-ring (bicyclic) bond motifs is 1. The molecule has 2 heterocycles. The van der Waals surface area contributed by atoms with E-state index in [4.69, 9.17) is 0 Å². The van der Waals surface area contributed by atoms with Crippen LogP contribution in [0, 0.1) is 0 Å². The highest BCUT2D eigenvalue weighted by Gasteiger charge is 2.21. The predicted octanol–water partition coefficient (Wildman–Crippen LogP) is 4.45. The zero-order valence-corrected chi connectivity index (χ0v) is 19.4. The minimum absolute atomic E-state index is 0.0128. The summed E-state index contributed by atoms with van der Waals surface area (Å²) in [6, 6.07) is 11.6. The van der Waals surface area contributed by atoms with Crippen molar-refractivity contribution in [3.8, 4) is 28.6 Å². The molecule has 0 unspecified atom stereocenters. The molecule has 0 saturated carbocycles. The molecule has 0 amide bonds. The standard InChI is InChI=1S/C25H31N5O2/c1-16(2)19-14-20(23(32)15-22(19)31)25-27-26-24(7-6-11-28(3)4)30(25)18-8-9-21-17(13-18)10-12-29(21)5/h8-10,12-16,31-32H,6-7,11H2,1-5H3. The second kappa shape index (κ2) is 8.67. The van der Waals surface area contributed by atoms with Crippen LogP contribution in [0.2, 0.25) is 0 Å². The van der Waals surface area contributed by atoms with Crippen LogP contribution in [-0.2, 0) is 13.5 Å². The molecule has 4 rings (SSSR count). The van der Waals surface area contributed by atoms with Crippen molar-refractivity contribution in [2.45, 2.75) is 32.6 Å². The van der Waals surface area contributed by atoms with Crippen LogP contribution < -0.4 is 0 Å². The first-order valence-corrected chi connectivity index (χ1v) is 11.0. The first-order valence-electron chi connectivity index (χ1n) is 11.0. The first kappa shape index (κ1) is 21.9. The van der Waals surface area contributed by atoms with Crippen LogP contribution >= 0.6 is 0 Å². The van der Waals surface area contributed by atoms with E-state index in [1.807, 2.05) is 37.7 Å². The fraction of sp³-hybridized carbons (Fsp3) is 0.360. The molecule has 0 bridgehead atoms. The Morgan fingerprint density at radius 3 is 2.50 bits per heavy atom. The van der Waals surface area contributed by atoms with E-state index >= 15 is 0 Å². The average molecular weight is 434 g/mol. The van der Waals surface area contributed by atoms with Crippen LogP contribution in [0.3, 0.4) is 0 Å². The van der Waals surface area contributed by atoms with Crippen LogP contribution in [-0.4, -0.2) is 55.1 Å². The zero-order chi connectivity index (χ0) is 23.0. The molecule has 7 nitrogen and oxygen atoms in total. The summed E-state index contributed by atoms with van der Waals surface area (Å²) < 4.78 is 4.11. The Bertz CT molecular complexity index is 1250. The summed E-state index contributed by atoms with van der Waals surface area (Å²) in [6.07, 6.45) is 3.74. The van der Waals surface area contributed by atoms with Crippen LogP contribution in [0.15, 0.2) is 42.6 Å². The van der Waals surface area contributed by atoms with Gasteiger partial charge in [-0.15, -0.1) is 10.2 Å². The summed E-state index contributed by atoms with van der Waals surface area (Å²) in [5, 5.41) is 31.1. The highest BCUT2D eigenvalue weighted by molar-refractivity contribution is 5.83. The average Bonchev–Trinajstić information content (AvgIpc) is 3.31. The molecule has 4 aromatic rings. The van der Waals surface area contributed by atoms with Crippen LogP contribution in [0.4, 0.5) is 0 Å². The summed E-state index contributed by atoms with van der Waals surface area (Å²) >= 11 is 0. The summed E-state index contributed by atoms with van der Waals surface area (Å²) in [5.74, 6) is 1.59. The predicted molar refractivity (Wildman–Crippen MR) is 128 cm³/mol. The number of phenolic OH excluding ortho intramolecular Hbond substituents is 2. The van der Waals surface area contributed by atoms with Gasteiger partial charge in [0.25, 0.3) is 0 Å². The number of aromatic hydroxyl groups is 2. The SMILES string of the molecule is CC(C)c1cc(-c2nnc(CCCN(C)C)n2-c2ccc3c(ccn3C)c2)c(O)cc1O. The number of aryl methyl sites for hydroxylation is 2. The van der Waals surface area contributed by atoms with E-state index < -0.39 is 0 Å². The van der Waals surface area contributed by atoms with Gasteiger partial charge in [0.1, 0.15) is 17.3 Å². The van der Waals surface area contributed by atoms with Crippen molar-refractivity contribution >= 4 is 10.9 Å². The van der Waals surface area contributed by atoms with Gasteiger partial charge in [-0.2, -0.15) is 0 Å². The number of benzene rings is 2. The summed E-state index contributed by atoms with van der Waals surface area (Å²) in [6.45, 7) is 4.97. The quantitative estimate of drug-likeness (QED) is 0.450. The first-order chi connectivity index (χ1) is 15.3. The van der Waals surface area contributed by atoms with E-state index in [2.05, 4.69) is 58.0 Å². The molecule has 0 spiro atoms. The number of aromatic nitrogens is 4. The lowest BCUT2D eigenvalue weighted by atomic mass is 9.98. The van der Waals surface area contributed by atoms with Gasteiger partial charge in [0.05, 0.1) is 5.56 Å². The van der Waals surface area contributed by atoms with Gasteiger partial charge in [-0.25, -0.2) is 0 Å². The molecule has 2 aromatic heterocycles. The fourth-order valence-electron chi connectivity index (χ4n) is 4.12. The Morgan fingerprint density at radius 2 is 1.78 bits per heavy atom. The highest BCUT2D eigenvalue weighted by Crippen LogP contribution is 2.38. The molecule has 2 N–H and O–H groups in total. The Morgan fingerprint density at radius 1 is 1.00 bits per heavy atom. The lowest BCUT2D eigenvalue weighted by Gasteiger charge is -2.15. The monoisotopic (exact) mass is 433 g/mol. The highest BCUT2D eigenvalue weighted by atomic mass is 16.3. The summed E-state index contributed by atoms with van der Waals surface area (Å²) in [7, 11) is 6.14. The lowest BCUT2D eigenvalue weighted by Crippen LogP contribution is -2.14. The van der Waals surface area contributed by atoms with Gasteiger partial charge in [-0.3, -0.25) is 4.57 Å². The molecule has 32 heavy (non-hydrogen) atoms. The zero-order valence-electron chi connectivity index (χ0n) is 19.4. The number of hydrogen-bond donors (Lipinski definition) is 2. The van der Waals surface area contributed by atoms with Gasteiger partial charge in [-0.05, 0) is 68.9 Å². The van der Waals surface area contributed by atoms with E-state index in [-0.39, 0.29) is 17.4 Å². The van der Waals surface area contributed by atoms with Gasteiger partial charge in [-0.1, -0.05) is 13.8 Å². The van der Waals surface area contributed by atoms with E-state index in [9.17, 15) is 10.2 Å². The molecule has 0 aliphatic heterocycles. The van der Waals surface area contributed by atoms with Gasteiger partial charge in [0.2, 0.25) is 0 Å². The van der Waals surface area contributed by atoms with Crippen LogP contribution in [0.25, 0.3) is 28.0 Å². The summed E-state index contributed by atoms with van der Waals surface area (Å²) in [4.78, 5) is 2.15. The molecule has 0 radical (unpaired) electrons. The molecular formula is C25H31N5O2. The van der Waals surface area contributed by atoms with Crippen molar-refractivity contribution in [3.63, 3.8) is 0 Å². The van der Waals surface area contributed by atoms with Crippen molar-refractivity contribution < 1.29 is 10.2 Å². The van der Waals surface area contributed by atoms with Crippen molar-refractivity contribution in [2.75, 3.05) is 20.6 Å². The van der Waals surface area contributed by atoms with Crippen molar-refractivity contribution in [3.05, 3.63) is 54.0 Å². The van der Waals surface area contributed by atoms with E-state index in [0.717, 1.165) is 47.4 Å². The van der Waals surface area contributed by atoms with Crippen molar-refractivity contribution in [1.29, 1.82) is 0 Å². The number of rotatable bonds is 7. The van der Waals surface area contributed by atoms with Crippen molar-refractivity contribution in [1.82, 2.24) is 24.2 Å². The van der Waals surface area contributed by atoms with Gasteiger partial charge in [0.15, 0.2) is 5.82 Å². The third kappa shape index (κ3) is 4.08. The second-order valence-electron chi connectivity index (χ2n) is 8.93. The topological polar surface area (TPSA) is 79.3 Å². The third-order valence-corrected chi connectivity index (χ3v) is 5.87. The minimum atomic E-state index is -0.0128. The maximum Gasteiger partial charge on any atom is 0.172 e. The number of phenols is 2. The Hall–Kier alpha value is -3.32. The molecule has 0 aliphatic carbocycles. The normalized spacial score (nSPS) is 11.8. The Balaban J connectivity index is 1.88. The van der Waals surface area contributed by atoms with Crippen LogP contribution in [0.1, 0.15) is 37.6 Å². The second-order valence-corrected chi connectivity index (χ2v) is 8.93. The smallest absolute Gasteiger partial charge is 0.172 e. The van der Waals surface area contributed by atoms with E-state index in [1.165, 1.54) is 6.07 Å². The largest absolute Gasteiger partial charge is 0.508 e. The van der Waals surface area contributed by atoms with Gasteiger partial charge < -0.3 is 19.7 Å². The minimum Gasteiger partial charge on any atom is -0.508 e. The molecule has 2 aromatic carbocycles. The molecule has 168 valence electrons. The Kier molecular flexibility index (Phi) is 5.93. The van der Waals surface area contributed by atoms with Crippen LogP contribution in [0.5, 0.6) is 11.5 Å². The molecule has 0 saturated heterocycles. The molecule has 0 atom stereocenters. The molecule has 0 aliphatic rings. The molecule has 7 heteroatoms. The number of nitrogens with zero attached hydrogens (tertiary/aromatic N) is 5. The number of hydrogen-bond acceptors (Lipinski definition) is 5.